The molecule has 0 unspecified atom stereocenters. The highest BCUT2D eigenvalue weighted by Crippen LogP contribution is 2.24. The fraction of sp³-hybridized carbons (Fsp3) is 0.182. The highest BCUT2D eigenvalue weighted by molar-refractivity contribution is 7.92. The first kappa shape index (κ1) is 15.1. The van der Waals surface area contributed by atoms with Crippen molar-refractivity contribution in [2.24, 2.45) is 5.73 Å². The molecule has 3 N–H and O–H groups in total. The number of nitrogens with one attached hydrogen (secondary N) is 1. The Bertz CT molecular complexity index is 695. The van der Waals surface area contributed by atoms with Gasteiger partial charge >= 0.3 is 0 Å². The van der Waals surface area contributed by atoms with Gasteiger partial charge in [-0.2, -0.15) is 5.10 Å². The first-order valence-electron chi connectivity index (χ1n) is 5.62. The Morgan fingerprint density at radius 1 is 1.25 bits per heavy atom. The summed E-state index contributed by atoms with van der Waals surface area (Å²) in [5.74, 6) is 0. The van der Waals surface area contributed by atoms with Crippen molar-refractivity contribution >= 4 is 38.9 Å². The van der Waals surface area contributed by atoms with Crippen LogP contribution in [0.5, 0.6) is 0 Å². The summed E-state index contributed by atoms with van der Waals surface area (Å²) < 4.78 is 28.2. The zero-order valence-corrected chi connectivity index (χ0v) is 12.6. The van der Waals surface area contributed by atoms with E-state index in [1.54, 1.807) is 0 Å². The average molecular weight is 335 g/mol. The molecule has 0 aliphatic heterocycles. The summed E-state index contributed by atoms with van der Waals surface area (Å²) in [6.45, 7) is 0.816. The maximum absolute atomic E-state index is 12.2. The molecular formula is C11H12Cl2N4O2S. The summed E-state index contributed by atoms with van der Waals surface area (Å²) in [6.07, 6.45) is 2.66. The van der Waals surface area contributed by atoms with Crippen molar-refractivity contribution < 1.29 is 8.42 Å². The lowest BCUT2D eigenvalue weighted by Crippen LogP contribution is -2.13. The number of hydrogen-bond acceptors (Lipinski definition) is 4. The molecule has 1 heterocycles. The Kier molecular flexibility index (Phi) is 4.54. The molecule has 0 fully saturated rings. The van der Waals surface area contributed by atoms with Crippen molar-refractivity contribution in [2.75, 3.05) is 11.3 Å². The summed E-state index contributed by atoms with van der Waals surface area (Å²) in [5.41, 5.74) is 5.67. The van der Waals surface area contributed by atoms with Gasteiger partial charge in [-0.25, -0.2) is 8.42 Å². The summed E-state index contributed by atoms with van der Waals surface area (Å²) in [5, 5.41) is 4.60. The van der Waals surface area contributed by atoms with Crippen molar-refractivity contribution in [1.82, 2.24) is 9.78 Å². The first-order chi connectivity index (χ1) is 9.40. The van der Waals surface area contributed by atoms with Crippen molar-refractivity contribution in [3.8, 4) is 0 Å². The molecule has 0 bridgehead atoms. The first-order valence-corrected chi connectivity index (χ1v) is 7.86. The van der Waals surface area contributed by atoms with E-state index in [1.807, 2.05) is 0 Å². The zero-order valence-electron chi connectivity index (χ0n) is 10.3. The van der Waals surface area contributed by atoms with Gasteiger partial charge in [0, 0.05) is 22.8 Å². The lowest BCUT2D eigenvalue weighted by Gasteiger charge is -2.07. The molecular weight excluding hydrogens is 323 g/mol. The van der Waals surface area contributed by atoms with Crippen molar-refractivity contribution in [3.05, 3.63) is 40.6 Å². The molecule has 1 aromatic carbocycles. The molecule has 0 amide bonds. The van der Waals surface area contributed by atoms with Crippen LogP contribution in [0, 0.1) is 0 Å². The number of nitrogens with zero attached hydrogens (tertiary/aromatic N) is 2. The summed E-state index contributed by atoms with van der Waals surface area (Å²) in [7, 11) is -3.74. The van der Waals surface area contributed by atoms with Crippen LogP contribution in [0.1, 0.15) is 0 Å². The maximum atomic E-state index is 12.2. The smallest absolute Gasteiger partial charge is 0.265 e. The van der Waals surface area contributed by atoms with Gasteiger partial charge in [0.25, 0.3) is 10.0 Å². The second-order valence-electron chi connectivity index (χ2n) is 3.99. The molecule has 0 saturated heterocycles. The zero-order chi connectivity index (χ0) is 14.8. The average Bonchev–Trinajstić information content (AvgIpc) is 2.76. The minimum absolute atomic E-state index is 0.0436. The quantitative estimate of drug-likeness (QED) is 0.874. The standard InChI is InChI=1S/C11H12Cl2N4O2S/c12-8-3-9(13)5-10(4-8)16-20(18,19)11-6-15-17(7-11)2-1-14/h3-7,16H,1-2,14H2. The van der Waals surface area contributed by atoms with Crippen LogP contribution >= 0.6 is 23.2 Å². The number of rotatable bonds is 5. The Balaban J connectivity index is 2.25. The molecule has 0 radical (unpaired) electrons. The topological polar surface area (TPSA) is 90.0 Å². The normalized spacial score (nSPS) is 11.6. The van der Waals surface area contributed by atoms with Crippen LogP contribution in [-0.4, -0.2) is 24.7 Å². The molecule has 0 spiro atoms. The molecule has 2 aromatic rings. The molecule has 2 rings (SSSR count). The van der Waals surface area contributed by atoms with E-state index in [-0.39, 0.29) is 10.6 Å². The van der Waals surface area contributed by atoms with Crippen LogP contribution in [0.4, 0.5) is 5.69 Å². The lowest BCUT2D eigenvalue weighted by atomic mass is 10.3. The highest BCUT2D eigenvalue weighted by Gasteiger charge is 2.17. The minimum Gasteiger partial charge on any atom is -0.329 e. The number of halogens is 2. The lowest BCUT2D eigenvalue weighted by molar-refractivity contribution is 0.599. The van der Waals surface area contributed by atoms with Crippen molar-refractivity contribution in [3.63, 3.8) is 0 Å². The van der Waals surface area contributed by atoms with Gasteiger partial charge in [0.15, 0.2) is 0 Å². The molecule has 108 valence electrons. The predicted molar refractivity (Wildman–Crippen MR) is 78.6 cm³/mol. The second-order valence-corrected chi connectivity index (χ2v) is 6.55. The van der Waals surface area contributed by atoms with Crippen LogP contribution in [-0.2, 0) is 16.6 Å². The molecule has 0 aliphatic rings. The van der Waals surface area contributed by atoms with E-state index < -0.39 is 10.0 Å². The van der Waals surface area contributed by atoms with Crippen LogP contribution in [0.15, 0.2) is 35.5 Å². The molecule has 6 nitrogen and oxygen atoms in total. The number of hydrogen-bond donors (Lipinski definition) is 2. The van der Waals surface area contributed by atoms with E-state index in [9.17, 15) is 8.42 Å². The maximum Gasteiger partial charge on any atom is 0.265 e. The van der Waals surface area contributed by atoms with E-state index in [1.165, 1.54) is 35.3 Å². The third-order valence-electron chi connectivity index (χ3n) is 2.39. The third kappa shape index (κ3) is 3.63. The van der Waals surface area contributed by atoms with Gasteiger partial charge in [-0.3, -0.25) is 9.40 Å². The Morgan fingerprint density at radius 2 is 1.90 bits per heavy atom. The van der Waals surface area contributed by atoms with E-state index in [0.717, 1.165) is 0 Å². The van der Waals surface area contributed by atoms with Gasteiger partial charge in [-0.05, 0) is 18.2 Å². The number of sulfonamides is 1. The van der Waals surface area contributed by atoms with Gasteiger partial charge in [-0.15, -0.1) is 0 Å². The van der Waals surface area contributed by atoms with Gasteiger partial charge in [0.05, 0.1) is 18.4 Å². The van der Waals surface area contributed by atoms with Gasteiger partial charge in [-0.1, -0.05) is 23.2 Å². The molecule has 0 aliphatic carbocycles. The number of nitrogens with two attached hydrogens (primary N) is 1. The van der Waals surface area contributed by atoms with Crippen LogP contribution in [0.2, 0.25) is 10.0 Å². The minimum atomic E-state index is -3.74. The fourth-order valence-electron chi connectivity index (χ4n) is 1.56. The van der Waals surface area contributed by atoms with E-state index in [0.29, 0.717) is 23.1 Å². The Labute approximate surface area is 126 Å². The monoisotopic (exact) mass is 334 g/mol. The molecule has 9 heteroatoms. The highest BCUT2D eigenvalue weighted by atomic mass is 35.5. The summed E-state index contributed by atoms with van der Waals surface area (Å²) in [4.78, 5) is 0.0436. The largest absolute Gasteiger partial charge is 0.329 e. The van der Waals surface area contributed by atoms with Gasteiger partial charge in [0.2, 0.25) is 0 Å². The fourth-order valence-corrected chi connectivity index (χ4v) is 3.08. The van der Waals surface area contributed by atoms with Crippen molar-refractivity contribution in [1.29, 1.82) is 0 Å². The summed E-state index contributed by atoms with van der Waals surface area (Å²) in [6, 6.07) is 4.45. The number of aromatic nitrogens is 2. The van der Waals surface area contributed by atoms with Crippen LogP contribution in [0.25, 0.3) is 0 Å². The predicted octanol–water partition coefficient (Wildman–Crippen LogP) is 1.95. The molecule has 1 aromatic heterocycles. The van der Waals surface area contributed by atoms with E-state index >= 15 is 0 Å². The Morgan fingerprint density at radius 3 is 2.50 bits per heavy atom. The Hall–Kier alpha value is -1.28. The van der Waals surface area contributed by atoms with Crippen LogP contribution in [0.3, 0.4) is 0 Å². The number of benzene rings is 1. The van der Waals surface area contributed by atoms with E-state index in [4.69, 9.17) is 28.9 Å². The number of anilines is 1. The molecule has 0 saturated carbocycles. The molecule has 20 heavy (non-hydrogen) atoms. The summed E-state index contributed by atoms with van der Waals surface area (Å²) >= 11 is 11.6. The van der Waals surface area contributed by atoms with Gasteiger partial charge < -0.3 is 5.73 Å². The second kappa shape index (κ2) is 6.01. The SMILES string of the molecule is NCCn1cc(S(=O)(=O)Nc2cc(Cl)cc(Cl)c2)cn1. The molecule has 0 atom stereocenters. The van der Waals surface area contributed by atoms with Crippen LogP contribution < -0.4 is 10.5 Å². The third-order valence-corrected chi connectivity index (χ3v) is 4.17. The van der Waals surface area contributed by atoms with E-state index in [2.05, 4.69) is 9.82 Å². The van der Waals surface area contributed by atoms with Crippen molar-refractivity contribution in [2.45, 2.75) is 11.4 Å². The van der Waals surface area contributed by atoms with Gasteiger partial charge in [0.1, 0.15) is 4.90 Å².